The largest absolute Gasteiger partial charge is 0.315 e. The van der Waals surface area contributed by atoms with E-state index < -0.39 is 0 Å². The summed E-state index contributed by atoms with van der Waals surface area (Å²) in [5.41, 5.74) is 0. The maximum absolute atomic E-state index is 3.69. The lowest BCUT2D eigenvalue weighted by Crippen LogP contribution is -2.42. The van der Waals surface area contributed by atoms with Crippen LogP contribution in [0.3, 0.4) is 0 Å². The quantitative estimate of drug-likeness (QED) is 0.0609. The Morgan fingerprint density at radius 2 is 0.625 bits per heavy atom. The molecular formula is C37H79N3. The van der Waals surface area contributed by atoms with Crippen molar-refractivity contribution in [3.8, 4) is 0 Å². The van der Waals surface area contributed by atoms with Crippen LogP contribution in [0.15, 0.2) is 0 Å². The number of rotatable bonds is 35. The monoisotopic (exact) mass is 566 g/mol. The van der Waals surface area contributed by atoms with E-state index >= 15 is 0 Å². The Morgan fingerprint density at radius 1 is 0.300 bits per heavy atom. The van der Waals surface area contributed by atoms with Gasteiger partial charge >= 0.3 is 0 Å². The molecule has 40 heavy (non-hydrogen) atoms. The van der Waals surface area contributed by atoms with E-state index in [0.717, 1.165) is 6.54 Å². The minimum absolute atomic E-state index is 1.15. The third-order valence-electron chi connectivity index (χ3n) is 8.70. The zero-order valence-corrected chi connectivity index (χ0v) is 28.7. The normalized spacial score (nSPS) is 11.8. The van der Waals surface area contributed by atoms with Crippen LogP contribution in [0.25, 0.3) is 0 Å². The molecule has 0 spiro atoms. The predicted molar refractivity (Wildman–Crippen MR) is 184 cm³/mol. The molecular weight excluding hydrogens is 486 g/mol. The van der Waals surface area contributed by atoms with Gasteiger partial charge in [0, 0.05) is 13.1 Å². The van der Waals surface area contributed by atoms with Gasteiger partial charge < -0.3 is 5.32 Å². The summed E-state index contributed by atoms with van der Waals surface area (Å²) in [4.78, 5) is 5.57. The summed E-state index contributed by atoms with van der Waals surface area (Å²) < 4.78 is 0. The second-order valence-corrected chi connectivity index (χ2v) is 12.9. The van der Waals surface area contributed by atoms with E-state index in [1.54, 1.807) is 0 Å². The van der Waals surface area contributed by atoms with Gasteiger partial charge in [-0.3, -0.25) is 9.80 Å². The van der Waals surface area contributed by atoms with Gasteiger partial charge in [-0.05, 0) is 51.9 Å². The van der Waals surface area contributed by atoms with Crippen LogP contribution in [0.1, 0.15) is 195 Å². The van der Waals surface area contributed by atoms with Crippen molar-refractivity contribution in [1.82, 2.24) is 15.1 Å². The van der Waals surface area contributed by atoms with Crippen molar-refractivity contribution in [3.63, 3.8) is 0 Å². The summed E-state index contributed by atoms with van der Waals surface area (Å²) in [6.45, 7) is 17.8. The average molecular weight is 566 g/mol. The fourth-order valence-corrected chi connectivity index (χ4v) is 5.83. The number of nitrogens with one attached hydrogen (secondary N) is 1. The minimum atomic E-state index is 1.15. The van der Waals surface area contributed by atoms with Crippen LogP contribution in [0, 0.1) is 0 Å². The number of nitrogens with zero attached hydrogens (tertiary/aromatic N) is 2. The maximum Gasteiger partial charge on any atom is 0.0506 e. The predicted octanol–water partition coefficient (Wildman–Crippen LogP) is 11.4. The van der Waals surface area contributed by atoms with Crippen molar-refractivity contribution < 1.29 is 0 Å². The van der Waals surface area contributed by atoms with E-state index in [1.165, 1.54) is 206 Å². The molecule has 0 bridgehead atoms. The Bertz CT molecular complexity index is 415. The van der Waals surface area contributed by atoms with Gasteiger partial charge in [0.1, 0.15) is 0 Å². The van der Waals surface area contributed by atoms with Crippen molar-refractivity contribution in [2.45, 2.75) is 195 Å². The molecule has 0 unspecified atom stereocenters. The van der Waals surface area contributed by atoms with Gasteiger partial charge in [0.25, 0.3) is 0 Å². The smallest absolute Gasteiger partial charge is 0.0506 e. The first kappa shape index (κ1) is 39.9. The lowest BCUT2D eigenvalue weighted by molar-refractivity contribution is 0.125. The van der Waals surface area contributed by atoms with E-state index in [0.29, 0.717) is 0 Å². The standard InChI is InChI=1S/C37H79N3/c1-5-9-13-15-17-19-21-23-25-27-29-34-39(35-30-28-26-24-22-20-18-16-14-10-6-2)37-40(33-12-8-4)36-32-38-31-11-7-3/h38H,5-37H2,1-4H3. The van der Waals surface area contributed by atoms with Crippen molar-refractivity contribution >= 4 is 0 Å². The van der Waals surface area contributed by atoms with Crippen molar-refractivity contribution in [1.29, 1.82) is 0 Å². The molecule has 0 saturated heterocycles. The van der Waals surface area contributed by atoms with Gasteiger partial charge in [0.15, 0.2) is 0 Å². The molecule has 0 aromatic rings. The topological polar surface area (TPSA) is 18.5 Å². The number of unbranched alkanes of at least 4 members (excludes halogenated alkanes) is 22. The molecule has 0 aliphatic heterocycles. The molecule has 0 aliphatic rings. The second-order valence-electron chi connectivity index (χ2n) is 12.9. The summed E-state index contributed by atoms with van der Waals surface area (Å²) in [5, 5.41) is 3.69. The molecule has 0 saturated carbocycles. The molecule has 0 aromatic heterocycles. The van der Waals surface area contributed by atoms with Crippen LogP contribution in [0.4, 0.5) is 0 Å². The Morgan fingerprint density at radius 3 is 1.02 bits per heavy atom. The Hall–Kier alpha value is -0.120. The van der Waals surface area contributed by atoms with E-state index in [1.807, 2.05) is 0 Å². The molecule has 242 valence electrons. The second kappa shape index (κ2) is 35.1. The molecule has 0 amide bonds. The number of hydrogen-bond donors (Lipinski definition) is 1. The van der Waals surface area contributed by atoms with Crippen LogP contribution in [-0.4, -0.2) is 55.7 Å². The lowest BCUT2D eigenvalue weighted by atomic mass is 10.1. The Labute approximate surface area is 255 Å². The molecule has 0 fully saturated rings. The molecule has 0 aromatic carbocycles. The van der Waals surface area contributed by atoms with E-state index in [9.17, 15) is 0 Å². The lowest BCUT2D eigenvalue weighted by Gasteiger charge is -2.31. The van der Waals surface area contributed by atoms with Crippen LogP contribution in [0.5, 0.6) is 0 Å². The molecule has 0 radical (unpaired) electrons. The van der Waals surface area contributed by atoms with Crippen molar-refractivity contribution in [2.75, 3.05) is 45.9 Å². The van der Waals surface area contributed by atoms with Crippen LogP contribution in [-0.2, 0) is 0 Å². The van der Waals surface area contributed by atoms with Crippen LogP contribution < -0.4 is 5.32 Å². The molecule has 0 aliphatic carbocycles. The fourth-order valence-electron chi connectivity index (χ4n) is 5.83. The van der Waals surface area contributed by atoms with E-state index in [4.69, 9.17) is 0 Å². The van der Waals surface area contributed by atoms with Gasteiger partial charge in [-0.25, -0.2) is 0 Å². The van der Waals surface area contributed by atoms with Crippen LogP contribution >= 0.6 is 0 Å². The van der Waals surface area contributed by atoms with Gasteiger partial charge in [-0.15, -0.1) is 0 Å². The molecule has 3 heteroatoms. The highest BCUT2D eigenvalue weighted by atomic mass is 15.3. The maximum atomic E-state index is 3.69. The molecule has 1 N–H and O–H groups in total. The first-order valence-corrected chi connectivity index (χ1v) is 18.9. The zero-order valence-electron chi connectivity index (χ0n) is 28.7. The summed E-state index contributed by atoms with van der Waals surface area (Å²) in [6.07, 6.45) is 36.9. The first-order chi connectivity index (χ1) is 19.8. The summed E-state index contributed by atoms with van der Waals surface area (Å²) in [6, 6.07) is 0. The van der Waals surface area contributed by atoms with Gasteiger partial charge in [0.2, 0.25) is 0 Å². The molecule has 0 heterocycles. The number of hydrogen-bond acceptors (Lipinski definition) is 3. The first-order valence-electron chi connectivity index (χ1n) is 18.9. The SMILES string of the molecule is CCCCCCCCCCCCCN(CCCCCCCCCCCCC)CN(CCCC)CCNCCCC. The summed E-state index contributed by atoms with van der Waals surface area (Å²) in [5.74, 6) is 0. The third kappa shape index (κ3) is 30.8. The third-order valence-corrected chi connectivity index (χ3v) is 8.70. The van der Waals surface area contributed by atoms with E-state index in [2.05, 4.69) is 42.8 Å². The highest BCUT2D eigenvalue weighted by molar-refractivity contribution is 4.65. The van der Waals surface area contributed by atoms with Crippen LogP contribution in [0.2, 0.25) is 0 Å². The average Bonchev–Trinajstić information content (AvgIpc) is 2.96. The zero-order chi connectivity index (χ0) is 29.2. The van der Waals surface area contributed by atoms with Crippen molar-refractivity contribution in [3.05, 3.63) is 0 Å². The Balaban J connectivity index is 4.31. The highest BCUT2D eigenvalue weighted by Crippen LogP contribution is 2.14. The molecule has 3 nitrogen and oxygen atoms in total. The van der Waals surface area contributed by atoms with E-state index in [-0.39, 0.29) is 0 Å². The summed E-state index contributed by atoms with van der Waals surface area (Å²) in [7, 11) is 0. The molecule has 0 rings (SSSR count). The van der Waals surface area contributed by atoms with Gasteiger partial charge in [-0.1, -0.05) is 169 Å². The Kier molecular flexibility index (Phi) is 35.0. The molecule has 0 atom stereocenters. The minimum Gasteiger partial charge on any atom is -0.315 e. The van der Waals surface area contributed by atoms with Gasteiger partial charge in [-0.2, -0.15) is 0 Å². The van der Waals surface area contributed by atoms with Crippen molar-refractivity contribution in [2.24, 2.45) is 0 Å². The van der Waals surface area contributed by atoms with Gasteiger partial charge in [0.05, 0.1) is 6.67 Å². The fraction of sp³-hybridized carbons (Fsp3) is 1.00. The summed E-state index contributed by atoms with van der Waals surface area (Å²) >= 11 is 0. The highest BCUT2D eigenvalue weighted by Gasteiger charge is 2.11.